The number of nitrogens with zero attached hydrogens (tertiary/aromatic N) is 3. The van der Waals surface area contributed by atoms with E-state index in [0.29, 0.717) is 38.8 Å². The summed E-state index contributed by atoms with van der Waals surface area (Å²) in [6.45, 7) is 1.60. The smallest absolute Gasteiger partial charge is 0.245 e. The summed E-state index contributed by atoms with van der Waals surface area (Å²) in [4.78, 5) is 14.1. The van der Waals surface area contributed by atoms with Crippen LogP contribution in [0.4, 0.5) is 4.39 Å². The standard InChI is InChI=1S/C18H22FN3O3S/c19-16-3-1-2-4-17(16)26(24,25)22-11-7-15(8-12-22)18(23)21-9-5-14(13-20)6-10-21/h1-4,14-15H,5-12H2. The Bertz CT molecular complexity index is 805. The zero-order chi connectivity index (χ0) is 18.7. The third kappa shape index (κ3) is 3.74. The molecule has 0 aliphatic carbocycles. The van der Waals surface area contributed by atoms with Crippen LogP contribution in [-0.2, 0) is 14.8 Å². The minimum atomic E-state index is -3.88. The molecule has 0 aromatic heterocycles. The van der Waals surface area contributed by atoms with E-state index >= 15 is 0 Å². The topological polar surface area (TPSA) is 81.5 Å². The van der Waals surface area contributed by atoms with Crippen LogP contribution in [0.2, 0.25) is 0 Å². The van der Waals surface area contributed by atoms with Crippen molar-refractivity contribution in [1.29, 1.82) is 5.26 Å². The number of nitriles is 1. The number of rotatable bonds is 3. The van der Waals surface area contributed by atoms with Gasteiger partial charge in [-0.3, -0.25) is 4.79 Å². The highest BCUT2D eigenvalue weighted by atomic mass is 32.2. The molecule has 1 amide bonds. The van der Waals surface area contributed by atoms with Gasteiger partial charge in [0.25, 0.3) is 0 Å². The van der Waals surface area contributed by atoms with Crippen molar-refractivity contribution in [3.63, 3.8) is 0 Å². The summed E-state index contributed by atoms with van der Waals surface area (Å²) < 4.78 is 40.4. The van der Waals surface area contributed by atoms with E-state index in [4.69, 9.17) is 5.26 Å². The van der Waals surface area contributed by atoms with Crippen LogP contribution < -0.4 is 0 Å². The Morgan fingerprint density at radius 3 is 2.27 bits per heavy atom. The highest BCUT2D eigenvalue weighted by Gasteiger charge is 2.35. The zero-order valence-corrected chi connectivity index (χ0v) is 15.3. The van der Waals surface area contributed by atoms with Crippen LogP contribution in [0.25, 0.3) is 0 Å². The van der Waals surface area contributed by atoms with Gasteiger partial charge in [-0.15, -0.1) is 0 Å². The van der Waals surface area contributed by atoms with Crippen LogP contribution in [0, 0.1) is 29.0 Å². The van der Waals surface area contributed by atoms with Crippen LogP contribution in [0.15, 0.2) is 29.2 Å². The van der Waals surface area contributed by atoms with Crippen LogP contribution in [0.3, 0.4) is 0 Å². The van der Waals surface area contributed by atoms with Crippen molar-refractivity contribution in [3.8, 4) is 6.07 Å². The van der Waals surface area contributed by atoms with Crippen molar-refractivity contribution >= 4 is 15.9 Å². The van der Waals surface area contributed by atoms with Crippen molar-refractivity contribution in [2.45, 2.75) is 30.6 Å². The maximum absolute atomic E-state index is 13.9. The number of carbonyl (C=O) groups excluding carboxylic acids is 1. The SMILES string of the molecule is N#CC1CCN(C(=O)C2CCN(S(=O)(=O)c3ccccc3F)CC2)CC1. The lowest BCUT2D eigenvalue weighted by molar-refractivity contribution is -0.137. The molecule has 2 aliphatic heterocycles. The van der Waals surface area contributed by atoms with Crippen LogP contribution in [-0.4, -0.2) is 49.7 Å². The molecule has 6 nitrogen and oxygen atoms in total. The molecule has 8 heteroatoms. The first kappa shape index (κ1) is 18.8. The van der Waals surface area contributed by atoms with Crippen molar-refractivity contribution in [3.05, 3.63) is 30.1 Å². The average Bonchev–Trinajstić information content (AvgIpc) is 2.68. The zero-order valence-electron chi connectivity index (χ0n) is 14.5. The third-order valence-corrected chi connectivity index (χ3v) is 7.18. The van der Waals surface area contributed by atoms with E-state index in [0.717, 1.165) is 6.07 Å². The van der Waals surface area contributed by atoms with Gasteiger partial charge in [-0.25, -0.2) is 12.8 Å². The predicted molar refractivity (Wildman–Crippen MR) is 92.8 cm³/mol. The van der Waals surface area contributed by atoms with Crippen molar-refractivity contribution in [1.82, 2.24) is 9.21 Å². The molecule has 3 rings (SSSR count). The van der Waals surface area contributed by atoms with Gasteiger partial charge in [0.1, 0.15) is 10.7 Å². The molecule has 140 valence electrons. The molecule has 2 fully saturated rings. The maximum atomic E-state index is 13.9. The van der Waals surface area contributed by atoms with Gasteiger partial charge in [0.05, 0.1) is 6.07 Å². The molecule has 0 atom stereocenters. The maximum Gasteiger partial charge on any atom is 0.245 e. The van der Waals surface area contributed by atoms with E-state index in [1.807, 2.05) is 0 Å². The van der Waals surface area contributed by atoms with E-state index in [1.165, 1.54) is 22.5 Å². The molecule has 2 aliphatic rings. The number of amides is 1. The Morgan fingerprint density at radius 2 is 1.69 bits per heavy atom. The largest absolute Gasteiger partial charge is 0.342 e. The number of likely N-dealkylation sites (tertiary alicyclic amines) is 1. The summed E-state index contributed by atoms with van der Waals surface area (Å²) in [6, 6.07) is 7.59. The normalized spacial score (nSPS) is 20.7. The van der Waals surface area contributed by atoms with Gasteiger partial charge in [0.2, 0.25) is 15.9 Å². The van der Waals surface area contributed by atoms with Crippen molar-refractivity contribution in [2.24, 2.45) is 11.8 Å². The summed E-state index contributed by atoms with van der Waals surface area (Å²) >= 11 is 0. The van der Waals surface area contributed by atoms with Crippen molar-refractivity contribution < 1.29 is 17.6 Å². The number of hydrogen-bond acceptors (Lipinski definition) is 4. The predicted octanol–water partition coefficient (Wildman–Crippen LogP) is 1.99. The molecule has 1 aromatic rings. The molecule has 1 aromatic carbocycles. The van der Waals surface area contributed by atoms with Gasteiger partial charge >= 0.3 is 0 Å². The highest BCUT2D eigenvalue weighted by molar-refractivity contribution is 7.89. The molecule has 0 radical (unpaired) electrons. The molecular formula is C18H22FN3O3S. The summed E-state index contributed by atoms with van der Waals surface area (Å²) in [7, 11) is -3.88. The first-order chi connectivity index (χ1) is 12.4. The van der Waals surface area contributed by atoms with E-state index < -0.39 is 15.8 Å². The van der Waals surface area contributed by atoms with Gasteiger partial charge < -0.3 is 4.90 Å². The Morgan fingerprint density at radius 1 is 1.08 bits per heavy atom. The molecule has 2 saturated heterocycles. The van der Waals surface area contributed by atoms with Crippen molar-refractivity contribution in [2.75, 3.05) is 26.2 Å². The summed E-state index contributed by atoms with van der Waals surface area (Å²) in [6.07, 6.45) is 2.26. The number of carbonyl (C=O) groups is 1. The fourth-order valence-corrected chi connectivity index (χ4v) is 5.16. The Labute approximate surface area is 153 Å². The lowest BCUT2D eigenvalue weighted by Crippen LogP contribution is -2.46. The molecule has 2 heterocycles. The van der Waals surface area contributed by atoms with E-state index in [2.05, 4.69) is 6.07 Å². The minimum Gasteiger partial charge on any atom is -0.342 e. The fraction of sp³-hybridized carbons (Fsp3) is 0.556. The second-order valence-electron chi connectivity index (χ2n) is 6.84. The molecule has 0 unspecified atom stereocenters. The Hall–Kier alpha value is -1.98. The lowest BCUT2D eigenvalue weighted by Gasteiger charge is -2.35. The third-order valence-electron chi connectivity index (χ3n) is 5.25. The van der Waals surface area contributed by atoms with Gasteiger partial charge in [0.15, 0.2) is 0 Å². The average molecular weight is 379 g/mol. The summed E-state index contributed by atoms with van der Waals surface area (Å²) in [5.41, 5.74) is 0. The molecule has 0 saturated carbocycles. The molecule has 0 N–H and O–H groups in total. The van der Waals surface area contributed by atoms with Crippen LogP contribution in [0.1, 0.15) is 25.7 Å². The second kappa shape index (κ2) is 7.72. The molecule has 26 heavy (non-hydrogen) atoms. The van der Waals surface area contributed by atoms with Gasteiger partial charge in [0, 0.05) is 38.0 Å². The van der Waals surface area contributed by atoms with Crippen LogP contribution >= 0.6 is 0 Å². The first-order valence-electron chi connectivity index (χ1n) is 8.86. The first-order valence-corrected chi connectivity index (χ1v) is 10.3. The number of halogens is 1. The fourth-order valence-electron chi connectivity index (χ4n) is 3.62. The quantitative estimate of drug-likeness (QED) is 0.804. The number of benzene rings is 1. The van der Waals surface area contributed by atoms with Gasteiger partial charge in [-0.1, -0.05) is 12.1 Å². The Balaban J connectivity index is 1.60. The number of piperidine rings is 2. The Kier molecular flexibility index (Phi) is 5.58. The van der Waals surface area contributed by atoms with Crippen LogP contribution in [0.5, 0.6) is 0 Å². The monoisotopic (exact) mass is 379 g/mol. The van der Waals surface area contributed by atoms with E-state index in [1.54, 1.807) is 4.90 Å². The van der Waals surface area contributed by atoms with E-state index in [-0.39, 0.29) is 35.7 Å². The molecular weight excluding hydrogens is 357 g/mol. The second-order valence-corrected chi connectivity index (χ2v) is 8.74. The summed E-state index contributed by atoms with van der Waals surface area (Å²) in [5, 5.41) is 8.94. The number of hydrogen-bond donors (Lipinski definition) is 0. The van der Waals surface area contributed by atoms with E-state index in [9.17, 15) is 17.6 Å². The summed E-state index contributed by atoms with van der Waals surface area (Å²) in [5.74, 6) is -0.900. The lowest BCUT2D eigenvalue weighted by atomic mass is 9.93. The molecule has 0 bridgehead atoms. The molecule has 0 spiro atoms. The highest BCUT2D eigenvalue weighted by Crippen LogP contribution is 2.27. The van der Waals surface area contributed by atoms with Gasteiger partial charge in [-0.2, -0.15) is 9.57 Å². The van der Waals surface area contributed by atoms with Gasteiger partial charge in [-0.05, 0) is 37.8 Å². The number of sulfonamides is 1. The minimum absolute atomic E-state index is 0.0202.